The van der Waals surface area contributed by atoms with E-state index in [9.17, 15) is 22.8 Å². The van der Waals surface area contributed by atoms with Crippen molar-refractivity contribution in [2.24, 2.45) is 5.92 Å². The van der Waals surface area contributed by atoms with Gasteiger partial charge in [-0.2, -0.15) is 0 Å². The van der Waals surface area contributed by atoms with Crippen LogP contribution >= 0.6 is 0 Å². The van der Waals surface area contributed by atoms with Crippen LogP contribution in [0.25, 0.3) is 0 Å². The predicted octanol–water partition coefficient (Wildman–Crippen LogP) is 2.30. The van der Waals surface area contributed by atoms with E-state index in [0.717, 1.165) is 0 Å². The summed E-state index contributed by atoms with van der Waals surface area (Å²) in [7, 11) is -3.08. The summed E-state index contributed by atoms with van der Waals surface area (Å²) in [6.07, 6.45) is 1.52. The molecule has 0 N–H and O–H groups in total. The molecule has 0 aromatic heterocycles. The fraction of sp³-hybridized carbons (Fsp3) is 0.591. The van der Waals surface area contributed by atoms with Crippen LogP contribution in [0.1, 0.15) is 66.8 Å². The Morgan fingerprint density at radius 3 is 2.20 bits per heavy atom. The third kappa shape index (κ3) is 4.43. The molecule has 2 aliphatic rings. The number of nitrogens with zero attached hydrogens (tertiary/aromatic N) is 2. The quantitative estimate of drug-likeness (QED) is 0.641. The number of carbonyl (C=O) groups excluding carboxylic acids is 3. The summed E-state index contributed by atoms with van der Waals surface area (Å²) >= 11 is 0. The van der Waals surface area contributed by atoms with Crippen molar-refractivity contribution < 1.29 is 22.8 Å². The highest BCUT2D eigenvalue weighted by Crippen LogP contribution is 2.26. The number of benzene rings is 1. The van der Waals surface area contributed by atoms with E-state index in [-0.39, 0.29) is 47.1 Å². The Bertz CT molecular complexity index is 960. The molecule has 1 aromatic carbocycles. The van der Waals surface area contributed by atoms with E-state index in [0.29, 0.717) is 42.6 Å². The number of imide groups is 1. The molecule has 2 heterocycles. The third-order valence-electron chi connectivity index (χ3n) is 6.01. The second-order valence-corrected chi connectivity index (χ2v) is 11.4. The zero-order chi connectivity index (χ0) is 22.2. The fourth-order valence-corrected chi connectivity index (χ4v) is 5.42. The summed E-state index contributed by atoms with van der Waals surface area (Å²) in [6.45, 7) is 8.07. The Balaban J connectivity index is 1.61. The van der Waals surface area contributed by atoms with Crippen LogP contribution in [-0.2, 0) is 21.1 Å². The first-order valence-electron chi connectivity index (χ1n) is 10.5. The minimum atomic E-state index is -3.08. The fourth-order valence-electron chi connectivity index (χ4n) is 4.04. The minimum absolute atomic E-state index is 0.0439. The maximum absolute atomic E-state index is 12.7. The van der Waals surface area contributed by atoms with Gasteiger partial charge < -0.3 is 4.90 Å². The average molecular weight is 435 g/mol. The molecule has 1 saturated heterocycles. The topological polar surface area (TPSA) is 91.8 Å². The highest BCUT2D eigenvalue weighted by molar-refractivity contribution is 7.91. The maximum atomic E-state index is 12.7. The van der Waals surface area contributed by atoms with Gasteiger partial charge in [-0.25, -0.2) is 8.42 Å². The van der Waals surface area contributed by atoms with Gasteiger partial charge in [0.15, 0.2) is 9.84 Å². The molecule has 0 atom stereocenters. The first kappa shape index (κ1) is 22.5. The van der Waals surface area contributed by atoms with Crippen LogP contribution in [0.5, 0.6) is 0 Å². The van der Waals surface area contributed by atoms with Gasteiger partial charge in [0, 0.05) is 19.1 Å². The van der Waals surface area contributed by atoms with E-state index in [1.807, 2.05) is 0 Å². The number of hydrogen-bond donors (Lipinski definition) is 0. The molecule has 1 aromatic rings. The molecule has 3 rings (SSSR count). The van der Waals surface area contributed by atoms with E-state index in [1.54, 1.807) is 50.8 Å². The highest BCUT2D eigenvalue weighted by Gasteiger charge is 2.37. The Morgan fingerprint density at radius 1 is 1.03 bits per heavy atom. The van der Waals surface area contributed by atoms with Crippen molar-refractivity contribution in [3.63, 3.8) is 0 Å². The van der Waals surface area contributed by atoms with E-state index in [1.165, 1.54) is 4.90 Å². The van der Waals surface area contributed by atoms with Crippen LogP contribution in [-0.4, -0.2) is 66.1 Å². The van der Waals surface area contributed by atoms with Gasteiger partial charge in [0.1, 0.15) is 0 Å². The molecule has 2 aliphatic heterocycles. The lowest BCUT2D eigenvalue weighted by Crippen LogP contribution is -2.41. The maximum Gasteiger partial charge on any atom is 0.261 e. The van der Waals surface area contributed by atoms with Crippen LogP contribution < -0.4 is 0 Å². The molecule has 30 heavy (non-hydrogen) atoms. The summed E-state index contributed by atoms with van der Waals surface area (Å²) in [4.78, 5) is 40.7. The second-order valence-electron chi connectivity index (χ2n) is 8.83. The zero-order valence-corrected chi connectivity index (χ0v) is 18.9. The number of hydrogen-bond acceptors (Lipinski definition) is 5. The second kappa shape index (κ2) is 8.49. The summed E-state index contributed by atoms with van der Waals surface area (Å²) in [6, 6.07) is 4.79. The molecule has 0 spiro atoms. The molecule has 164 valence electrons. The monoisotopic (exact) mass is 434 g/mol. The lowest BCUT2D eigenvalue weighted by molar-refractivity contribution is -0.131. The molecule has 8 heteroatoms. The number of piperidine rings is 1. The summed E-state index contributed by atoms with van der Waals surface area (Å²) < 4.78 is 24.3. The van der Waals surface area contributed by atoms with Crippen LogP contribution in [0, 0.1) is 5.92 Å². The van der Waals surface area contributed by atoms with Crippen LogP contribution in [0.4, 0.5) is 0 Å². The van der Waals surface area contributed by atoms with Crippen molar-refractivity contribution in [1.29, 1.82) is 0 Å². The third-order valence-corrected chi connectivity index (χ3v) is 8.38. The molecular weight excluding hydrogens is 404 g/mol. The largest absolute Gasteiger partial charge is 0.342 e. The molecule has 0 aliphatic carbocycles. The van der Waals surface area contributed by atoms with Crippen molar-refractivity contribution in [3.05, 3.63) is 34.9 Å². The van der Waals surface area contributed by atoms with Crippen molar-refractivity contribution in [2.75, 3.05) is 18.8 Å². The van der Waals surface area contributed by atoms with E-state index in [4.69, 9.17) is 0 Å². The molecular formula is C22H30N2O5S. The SMILES string of the molecule is CC(C)N1C(=O)c2ccc(CC(=O)N3CCC(CS(=O)(=O)C(C)C)CC3)cc2C1=O. The Hall–Kier alpha value is -2.22. The van der Waals surface area contributed by atoms with Gasteiger partial charge in [0.05, 0.1) is 28.6 Å². The van der Waals surface area contributed by atoms with Crippen molar-refractivity contribution in [1.82, 2.24) is 9.80 Å². The van der Waals surface area contributed by atoms with Gasteiger partial charge in [-0.3, -0.25) is 19.3 Å². The number of fused-ring (bicyclic) bond motifs is 1. The van der Waals surface area contributed by atoms with Gasteiger partial charge in [-0.15, -0.1) is 0 Å². The molecule has 7 nitrogen and oxygen atoms in total. The molecule has 0 bridgehead atoms. The smallest absolute Gasteiger partial charge is 0.261 e. The van der Waals surface area contributed by atoms with Crippen molar-refractivity contribution >= 4 is 27.6 Å². The van der Waals surface area contributed by atoms with Gasteiger partial charge in [0.2, 0.25) is 5.91 Å². The number of sulfone groups is 1. The molecule has 1 fully saturated rings. The molecule has 3 amide bonds. The average Bonchev–Trinajstić information content (AvgIpc) is 2.92. The minimum Gasteiger partial charge on any atom is -0.342 e. The number of likely N-dealkylation sites (tertiary alicyclic amines) is 1. The first-order valence-corrected chi connectivity index (χ1v) is 12.2. The standard InChI is InChI=1S/C22H30N2O5S/c1-14(2)24-21(26)18-6-5-17(11-19(18)22(24)27)12-20(25)23-9-7-16(8-10-23)13-30(28,29)15(3)4/h5-6,11,14-16H,7-10,12-13H2,1-4H3. The lowest BCUT2D eigenvalue weighted by Gasteiger charge is -2.32. The van der Waals surface area contributed by atoms with Crippen molar-refractivity contribution in [3.8, 4) is 0 Å². The normalized spacial score (nSPS) is 17.9. The van der Waals surface area contributed by atoms with E-state index in [2.05, 4.69) is 0 Å². The predicted molar refractivity (Wildman–Crippen MR) is 114 cm³/mol. The molecule has 0 saturated carbocycles. The van der Waals surface area contributed by atoms with Crippen LogP contribution in [0.15, 0.2) is 18.2 Å². The highest BCUT2D eigenvalue weighted by atomic mass is 32.2. The van der Waals surface area contributed by atoms with Crippen LogP contribution in [0.2, 0.25) is 0 Å². The first-order chi connectivity index (χ1) is 14.0. The zero-order valence-electron chi connectivity index (χ0n) is 18.1. The van der Waals surface area contributed by atoms with E-state index < -0.39 is 9.84 Å². The van der Waals surface area contributed by atoms with Gasteiger partial charge in [0.25, 0.3) is 11.8 Å². The number of carbonyl (C=O) groups is 3. The summed E-state index contributed by atoms with van der Waals surface area (Å²) in [5.74, 6) is -0.377. The van der Waals surface area contributed by atoms with Gasteiger partial charge >= 0.3 is 0 Å². The number of amides is 3. The lowest BCUT2D eigenvalue weighted by atomic mass is 9.98. The van der Waals surface area contributed by atoms with Crippen LogP contribution in [0.3, 0.4) is 0 Å². The van der Waals surface area contributed by atoms with Gasteiger partial charge in [-0.05, 0) is 64.2 Å². The Morgan fingerprint density at radius 2 is 1.63 bits per heavy atom. The van der Waals surface area contributed by atoms with Crippen molar-refractivity contribution in [2.45, 2.75) is 58.2 Å². The van der Waals surface area contributed by atoms with E-state index >= 15 is 0 Å². The molecule has 0 radical (unpaired) electrons. The molecule has 0 unspecified atom stereocenters. The Kier molecular flexibility index (Phi) is 6.36. The summed E-state index contributed by atoms with van der Waals surface area (Å²) in [5.41, 5.74) is 1.45. The summed E-state index contributed by atoms with van der Waals surface area (Å²) in [5, 5.41) is -0.377. The number of rotatable bonds is 6. The van der Waals surface area contributed by atoms with Gasteiger partial charge in [-0.1, -0.05) is 6.07 Å². The Labute approximate surface area is 178 Å².